The summed E-state index contributed by atoms with van der Waals surface area (Å²) in [7, 11) is 1.74. The number of likely N-dealkylation sites (tertiary alicyclic amines) is 1. The third-order valence-corrected chi connectivity index (χ3v) is 11.4. The third kappa shape index (κ3) is 5.29. The maximum atomic E-state index is 14.5. The van der Waals surface area contributed by atoms with E-state index in [1.807, 2.05) is 11.8 Å². The molecule has 3 amide bonds. The number of fused-ring (bicyclic) bond motifs is 1. The van der Waals surface area contributed by atoms with Crippen LogP contribution in [-0.4, -0.2) is 97.2 Å². The molecule has 2 bridgehead atoms. The first-order valence-corrected chi connectivity index (χ1v) is 15.3. The molecular formula is C28H44BrN3O4S. The minimum absolute atomic E-state index is 0.0138. The van der Waals surface area contributed by atoms with Gasteiger partial charge in [0.25, 0.3) is 0 Å². The molecule has 1 spiro atoms. The van der Waals surface area contributed by atoms with Crippen LogP contribution in [0.15, 0.2) is 25.3 Å². The summed E-state index contributed by atoms with van der Waals surface area (Å²) in [5.41, 5.74) is 0. The van der Waals surface area contributed by atoms with Crippen molar-refractivity contribution in [2.45, 2.75) is 86.3 Å². The first kappa shape index (κ1) is 30.2. The molecule has 9 heteroatoms. The fraction of sp³-hybridized carbons (Fsp3) is 0.750. The number of halogens is 1. The van der Waals surface area contributed by atoms with Crippen LogP contribution in [-0.2, 0) is 14.4 Å². The molecule has 3 aliphatic rings. The molecule has 0 aromatic carbocycles. The Kier molecular flexibility index (Phi) is 10.0. The van der Waals surface area contributed by atoms with Crippen molar-refractivity contribution in [1.29, 1.82) is 0 Å². The fourth-order valence-electron chi connectivity index (χ4n) is 6.74. The number of hydrogen-bond acceptors (Lipinski definition) is 5. The van der Waals surface area contributed by atoms with Gasteiger partial charge in [0.05, 0.1) is 29.2 Å². The lowest BCUT2D eigenvalue weighted by molar-refractivity contribution is -0.147. The van der Waals surface area contributed by atoms with E-state index in [1.165, 1.54) is 0 Å². The van der Waals surface area contributed by atoms with Crippen LogP contribution in [0.2, 0.25) is 0 Å². The summed E-state index contributed by atoms with van der Waals surface area (Å²) in [6.07, 6.45) is 6.41. The maximum absolute atomic E-state index is 14.5. The second kappa shape index (κ2) is 12.2. The number of amides is 3. The Labute approximate surface area is 235 Å². The van der Waals surface area contributed by atoms with Gasteiger partial charge in [0.1, 0.15) is 6.04 Å². The Bertz CT molecular complexity index is 901. The van der Waals surface area contributed by atoms with Crippen LogP contribution in [0.25, 0.3) is 0 Å². The second-order valence-electron chi connectivity index (χ2n) is 11.3. The van der Waals surface area contributed by atoms with Crippen LogP contribution in [0.4, 0.5) is 0 Å². The Morgan fingerprint density at radius 3 is 2.43 bits per heavy atom. The van der Waals surface area contributed by atoms with Gasteiger partial charge < -0.3 is 19.8 Å². The van der Waals surface area contributed by atoms with Crippen molar-refractivity contribution in [3.05, 3.63) is 25.3 Å². The Balaban J connectivity index is 2.15. The summed E-state index contributed by atoms with van der Waals surface area (Å²) in [5, 5.41) is 10.4. The van der Waals surface area contributed by atoms with Gasteiger partial charge >= 0.3 is 0 Å². The molecule has 0 aliphatic carbocycles. The number of alkyl halides is 1. The molecule has 3 heterocycles. The maximum Gasteiger partial charge on any atom is 0.247 e. The van der Waals surface area contributed by atoms with Gasteiger partial charge in [-0.3, -0.25) is 14.4 Å². The van der Waals surface area contributed by atoms with E-state index in [-0.39, 0.29) is 46.4 Å². The monoisotopic (exact) mass is 597 g/mol. The normalized spacial score (nSPS) is 31.8. The van der Waals surface area contributed by atoms with E-state index in [4.69, 9.17) is 0 Å². The van der Waals surface area contributed by atoms with Crippen molar-refractivity contribution >= 4 is 45.4 Å². The number of carbonyl (C=O) groups excluding carboxylic acids is 3. The molecule has 8 atom stereocenters. The molecule has 0 saturated carbocycles. The van der Waals surface area contributed by atoms with Crippen LogP contribution in [0, 0.1) is 17.8 Å². The van der Waals surface area contributed by atoms with Crippen molar-refractivity contribution < 1.29 is 19.5 Å². The Morgan fingerprint density at radius 1 is 1.24 bits per heavy atom. The van der Waals surface area contributed by atoms with Gasteiger partial charge in [0.2, 0.25) is 17.7 Å². The summed E-state index contributed by atoms with van der Waals surface area (Å²) in [4.78, 5) is 47.8. The van der Waals surface area contributed by atoms with E-state index in [0.29, 0.717) is 25.9 Å². The van der Waals surface area contributed by atoms with Crippen molar-refractivity contribution in [2.75, 3.05) is 26.7 Å². The number of hydrogen-bond donors (Lipinski definition) is 1. The van der Waals surface area contributed by atoms with Gasteiger partial charge in [-0.2, -0.15) is 0 Å². The van der Waals surface area contributed by atoms with Gasteiger partial charge in [0.15, 0.2) is 0 Å². The van der Waals surface area contributed by atoms with Crippen molar-refractivity contribution in [2.24, 2.45) is 17.8 Å². The molecule has 0 aromatic rings. The standard InChI is InChI=1S/C28H44BrN3O4S/c1-8-11-18(6)31(13-10-3)27(36)24-28-15-20(29)23(37-28)21(25(34)30(7)12-9-2)22(28)26(35)32(24)19(16-33)14-17(4)5/h9-10,17-24,33H,2-3,8,11-16H2,1,4-7H3/t18?,19-,20?,21-,22+,23-,24?,28?/m1/s1. The number of likely N-dealkylation sites (N-methyl/N-ethyl adjacent to an activating group) is 1. The predicted molar refractivity (Wildman–Crippen MR) is 153 cm³/mol. The average molecular weight is 599 g/mol. The number of rotatable bonds is 13. The van der Waals surface area contributed by atoms with Crippen LogP contribution < -0.4 is 0 Å². The van der Waals surface area contributed by atoms with E-state index in [2.05, 4.69) is 49.9 Å². The SMILES string of the molecule is C=CCN(C)C(=O)[C@H]1[C@@H]2SC3(CC2Br)C(C(=O)N(CC=C)C(C)CCC)N([C@@H](CO)CC(C)C)C(=O)[C@H]13. The topological polar surface area (TPSA) is 81.2 Å². The van der Waals surface area contributed by atoms with E-state index >= 15 is 0 Å². The minimum atomic E-state index is -0.738. The van der Waals surface area contributed by atoms with Gasteiger partial charge in [-0.1, -0.05) is 55.3 Å². The molecule has 7 nitrogen and oxygen atoms in total. The first-order valence-electron chi connectivity index (χ1n) is 13.5. The second-order valence-corrected chi connectivity index (χ2v) is 14.0. The molecule has 3 saturated heterocycles. The van der Waals surface area contributed by atoms with Crippen LogP contribution in [0.3, 0.4) is 0 Å². The first-order chi connectivity index (χ1) is 17.5. The number of nitrogens with zero attached hydrogens (tertiary/aromatic N) is 3. The molecule has 3 aliphatic heterocycles. The number of aliphatic hydroxyl groups is 1. The highest BCUT2D eigenvalue weighted by atomic mass is 79.9. The zero-order chi connectivity index (χ0) is 27.7. The molecule has 37 heavy (non-hydrogen) atoms. The van der Waals surface area contributed by atoms with E-state index < -0.39 is 28.7 Å². The lowest BCUT2D eigenvalue weighted by Crippen LogP contribution is -2.59. The van der Waals surface area contributed by atoms with Crippen molar-refractivity contribution in [3.8, 4) is 0 Å². The molecule has 4 unspecified atom stereocenters. The quantitative estimate of drug-likeness (QED) is 0.258. The highest BCUT2D eigenvalue weighted by Crippen LogP contribution is 2.68. The summed E-state index contributed by atoms with van der Waals surface area (Å²) < 4.78 is -0.724. The Morgan fingerprint density at radius 2 is 1.89 bits per heavy atom. The van der Waals surface area contributed by atoms with Gasteiger partial charge in [-0.25, -0.2) is 0 Å². The molecular weight excluding hydrogens is 554 g/mol. The number of aliphatic hydroxyl groups excluding tert-OH is 1. The molecule has 3 rings (SSSR count). The van der Waals surface area contributed by atoms with Crippen molar-refractivity contribution in [1.82, 2.24) is 14.7 Å². The zero-order valence-corrected chi connectivity index (χ0v) is 25.3. The Hall–Kier alpha value is -1.32. The average Bonchev–Trinajstić information content (AvgIpc) is 3.43. The summed E-state index contributed by atoms with van der Waals surface area (Å²) in [6.45, 7) is 16.5. The van der Waals surface area contributed by atoms with Gasteiger partial charge in [-0.05, 0) is 32.1 Å². The minimum Gasteiger partial charge on any atom is -0.394 e. The zero-order valence-electron chi connectivity index (χ0n) is 22.9. The van der Waals surface area contributed by atoms with Crippen molar-refractivity contribution in [3.63, 3.8) is 0 Å². The van der Waals surface area contributed by atoms with Crippen LogP contribution in [0.5, 0.6) is 0 Å². The number of carbonyl (C=O) groups is 3. The fourth-order valence-corrected chi connectivity index (χ4v) is 10.3. The van der Waals surface area contributed by atoms with Gasteiger partial charge in [0, 0.05) is 36.3 Å². The third-order valence-electron chi connectivity index (χ3n) is 8.22. The summed E-state index contributed by atoms with van der Waals surface area (Å²) >= 11 is 5.47. The lowest BCUT2D eigenvalue weighted by Gasteiger charge is -2.41. The predicted octanol–water partition coefficient (Wildman–Crippen LogP) is 3.71. The largest absolute Gasteiger partial charge is 0.394 e. The highest BCUT2D eigenvalue weighted by molar-refractivity contribution is 9.09. The molecule has 3 fully saturated rings. The summed E-state index contributed by atoms with van der Waals surface area (Å²) in [5.74, 6) is -1.25. The van der Waals surface area contributed by atoms with E-state index in [0.717, 1.165) is 12.8 Å². The molecule has 1 N–H and O–H groups in total. The molecule has 208 valence electrons. The number of thioether (sulfide) groups is 1. The van der Waals surface area contributed by atoms with Crippen LogP contribution in [0.1, 0.15) is 53.4 Å². The smallest absolute Gasteiger partial charge is 0.247 e. The highest BCUT2D eigenvalue weighted by Gasteiger charge is 2.76. The lowest BCUT2D eigenvalue weighted by atomic mass is 9.70. The van der Waals surface area contributed by atoms with Crippen LogP contribution >= 0.6 is 27.7 Å². The van der Waals surface area contributed by atoms with Gasteiger partial charge in [-0.15, -0.1) is 24.9 Å². The van der Waals surface area contributed by atoms with E-state index in [1.54, 1.807) is 40.8 Å². The van der Waals surface area contributed by atoms with E-state index in [9.17, 15) is 19.5 Å². The molecule has 0 radical (unpaired) electrons. The molecule has 0 aromatic heterocycles. The summed E-state index contributed by atoms with van der Waals surface area (Å²) in [6, 6.07) is -1.23.